The highest BCUT2D eigenvalue weighted by molar-refractivity contribution is 5.93. The Morgan fingerprint density at radius 2 is 1.70 bits per heavy atom. The molecule has 2 unspecified atom stereocenters. The number of ether oxygens (including phenoxy) is 1. The molecule has 2 atom stereocenters. The predicted molar refractivity (Wildman–Crippen MR) is 145 cm³/mol. The molecule has 7 heteroatoms. The molecule has 2 N–H and O–H groups in total. The van der Waals surface area contributed by atoms with Crippen molar-refractivity contribution in [2.75, 3.05) is 0 Å². The van der Waals surface area contributed by atoms with E-state index in [1.165, 1.54) is 0 Å². The summed E-state index contributed by atoms with van der Waals surface area (Å²) < 4.78 is 5.38. The van der Waals surface area contributed by atoms with Crippen LogP contribution < -0.4 is 10.6 Å². The van der Waals surface area contributed by atoms with E-state index in [1.54, 1.807) is 20.8 Å². The fourth-order valence-electron chi connectivity index (χ4n) is 3.91. The lowest BCUT2D eigenvalue weighted by atomic mass is 9.95. The number of amides is 3. The van der Waals surface area contributed by atoms with E-state index in [-0.39, 0.29) is 12.5 Å². The highest BCUT2D eigenvalue weighted by Gasteiger charge is 2.36. The maximum atomic E-state index is 13.8. The van der Waals surface area contributed by atoms with Crippen LogP contribution in [0.3, 0.4) is 0 Å². The van der Waals surface area contributed by atoms with Crippen LogP contribution in [-0.2, 0) is 20.9 Å². The highest BCUT2D eigenvalue weighted by atomic mass is 16.6. The van der Waals surface area contributed by atoms with Gasteiger partial charge in [0, 0.05) is 12.6 Å². The number of terminal acetylenes is 1. The minimum absolute atomic E-state index is 0.0644. The van der Waals surface area contributed by atoms with Crippen molar-refractivity contribution < 1.29 is 19.1 Å². The van der Waals surface area contributed by atoms with Gasteiger partial charge in [-0.05, 0) is 63.6 Å². The van der Waals surface area contributed by atoms with Gasteiger partial charge in [0.25, 0.3) is 5.91 Å². The second-order valence-electron chi connectivity index (χ2n) is 10.6. The second kappa shape index (κ2) is 13.0. The van der Waals surface area contributed by atoms with Crippen LogP contribution in [-0.4, -0.2) is 34.5 Å². The molecule has 2 aromatic carbocycles. The number of aryl methyl sites for hydroxylation is 2. The summed E-state index contributed by atoms with van der Waals surface area (Å²) in [5, 5.41) is 5.59. The molecule has 0 saturated carbocycles. The fraction of sp³-hybridized carbons (Fsp3) is 0.433. The van der Waals surface area contributed by atoms with E-state index in [4.69, 9.17) is 11.2 Å². The van der Waals surface area contributed by atoms with Gasteiger partial charge in [0.15, 0.2) is 0 Å². The molecule has 0 saturated heterocycles. The molecule has 2 rings (SSSR count). The van der Waals surface area contributed by atoms with Crippen molar-refractivity contribution in [3.8, 4) is 12.5 Å². The van der Waals surface area contributed by atoms with Crippen molar-refractivity contribution in [3.63, 3.8) is 0 Å². The first-order valence-electron chi connectivity index (χ1n) is 12.5. The maximum absolute atomic E-state index is 13.8. The molecule has 0 aliphatic carbocycles. The number of alkyl carbamates (subject to hydrolysis) is 1. The van der Waals surface area contributed by atoms with Gasteiger partial charge >= 0.3 is 6.09 Å². The van der Waals surface area contributed by atoms with Crippen LogP contribution in [0.5, 0.6) is 0 Å². The van der Waals surface area contributed by atoms with Crippen molar-refractivity contribution in [1.82, 2.24) is 15.5 Å². The van der Waals surface area contributed by atoms with Crippen LogP contribution in [0.25, 0.3) is 0 Å². The number of rotatable bonds is 9. The maximum Gasteiger partial charge on any atom is 0.408 e. The lowest BCUT2D eigenvalue weighted by Crippen LogP contribution is -2.52. The summed E-state index contributed by atoms with van der Waals surface area (Å²) in [7, 11) is 0. The van der Waals surface area contributed by atoms with E-state index in [1.807, 2.05) is 76.2 Å². The van der Waals surface area contributed by atoms with Crippen molar-refractivity contribution in [3.05, 3.63) is 70.8 Å². The minimum atomic E-state index is -1.09. The van der Waals surface area contributed by atoms with Gasteiger partial charge in [-0.2, -0.15) is 0 Å². The summed E-state index contributed by atoms with van der Waals surface area (Å²) in [5.74, 6) is -0.901. The molecule has 0 radical (unpaired) electrons. The molecular weight excluding hydrogens is 466 g/mol. The van der Waals surface area contributed by atoms with Crippen LogP contribution in [0.2, 0.25) is 0 Å². The van der Waals surface area contributed by atoms with Gasteiger partial charge in [-0.3, -0.25) is 14.5 Å². The molecule has 37 heavy (non-hydrogen) atoms. The first-order chi connectivity index (χ1) is 17.3. The second-order valence-corrected chi connectivity index (χ2v) is 10.6. The lowest BCUT2D eigenvalue weighted by molar-refractivity contribution is -0.139. The van der Waals surface area contributed by atoms with Crippen LogP contribution >= 0.6 is 0 Å². The number of hydrogen-bond donors (Lipinski definition) is 2. The summed E-state index contributed by atoms with van der Waals surface area (Å²) in [5.41, 5.74) is 2.55. The van der Waals surface area contributed by atoms with Gasteiger partial charge in [0.1, 0.15) is 17.7 Å². The van der Waals surface area contributed by atoms with Crippen molar-refractivity contribution >= 4 is 17.9 Å². The Labute approximate surface area is 221 Å². The number of carbonyl (C=O) groups excluding carboxylic acids is 3. The van der Waals surface area contributed by atoms with E-state index in [0.717, 1.165) is 21.6 Å². The first-order valence-corrected chi connectivity index (χ1v) is 12.5. The van der Waals surface area contributed by atoms with Crippen LogP contribution in [0, 0.1) is 32.2 Å². The molecule has 0 aliphatic rings. The third kappa shape index (κ3) is 8.98. The normalized spacial score (nSPS) is 12.7. The van der Waals surface area contributed by atoms with E-state index in [2.05, 4.69) is 16.7 Å². The van der Waals surface area contributed by atoms with E-state index in [9.17, 15) is 14.4 Å². The summed E-state index contributed by atoms with van der Waals surface area (Å²) in [4.78, 5) is 41.1. The topological polar surface area (TPSA) is 87.7 Å². The Morgan fingerprint density at radius 1 is 1.05 bits per heavy atom. The number of carbonyl (C=O) groups is 3. The van der Waals surface area contributed by atoms with Gasteiger partial charge in [-0.25, -0.2) is 4.79 Å². The number of benzene rings is 2. The average molecular weight is 506 g/mol. The molecule has 0 aromatic heterocycles. The van der Waals surface area contributed by atoms with Crippen LogP contribution in [0.15, 0.2) is 48.5 Å². The Kier molecular flexibility index (Phi) is 10.3. The number of hydrogen-bond acceptors (Lipinski definition) is 4. The standard InChI is InChI=1S/C30H39N3O4/c1-9-33(28(35)25(17-20(2)3)32-29(36)37-30(6,7)8)26(24-18-21(4)15-16-22(24)5)27(34)31-19-23-13-11-10-12-14-23/h1,10-16,18,20,25-26H,17,19H2,2-8H3,(H,31,34)(H,32,36). The molecule has 0 bridgehead atoms. The Balaban J connectivity index is 2.45. The van der Waals surface area contributed by atoms with E-state index < -0.39 is 35.6 Å². The Bertz CT molecular complexity index is 1130. The third-order valence-corrected chi connectivity index (χ3v) is 5.62. The van der Waals surface area contributed by atoms with Gasteiger partial charge in [-0.15, -0.1) is 0 Å². The third-order valence-electron chi connectivity index (χ3n) is 5.62. The molecule has 0 aliphatic heterocycles. The molecule has 0 spiro atoms. The molecule has 7 nitrogen and oxygen atoms in total. The van der Waals surface area contributed by atoms with Crippen LogP contribution in [0.1, 0.15) is 69.3 Å². The predicted octanol–water partition coefficient (Wildman–Crippen LogP) is 5.02. The van der Waals surface area contributed by atoms with Crippen molar-refractivity contribution in [2.45, 2.75) is 79.1 Å². The average Bonchev–Trinajstić information content (AvgIpc) is 2.81. The van der Waals surface area contributed by atoms with Gasteiger partial charge in [-0.1, -0.05) is 74.4 Å². The molecular formula is C30H39N3O4. The summed E-state index contributed by atoms with van der Waals surface area (Å²) >= 11 is 0. The van der Waals surface area contributed by atoms with Gasteiger partial charge < -0.3 is 15.4 Å². The van der Waals surface area contributed by atoms with Crippen molar-refractivity contribution in [2.24, 2.45) is 5.92 Å². The molecule has 0 heterocycles. The molecule has 198 valence electrons. The van der Waals surface area contributed by atoms with Gasteiger partial charge in [0.2, 0.25) is 5.91 Å². The SMILES string of the molecule is C#CN(C(=O)C(CC(C)C)NC(=O)OC(C)(C)C)C(C(=O)NCc1ccccc1)c1cc(C)ccc1C. The summed E-state index contributed by atoms with van der Waals surface area (Å²) in [6.07, 6.45) is 5.48. The monoisotopic (exact) mass is 505 g/mol. The number of nitrogens with one attached hydrogen (secondary N) is 2. The fourth-order valence-corrected chi connectivity index (χ4v) is 3.91. The molecule has 3 amide bonds. The van der Waals surface area contributed by atoms with Crippen LogP contribution in [0.4, 0.5) is 4.79 Å². The van der Waals surface area contributed by atoms with Gasteiger partial charge in [0.05, 0.1) is 0 Å². The quantitative estimate of drug-likeness (QED) is 0.370. The zero-order valence-corrected chi connectivity index (χ0v) is 22.9. The Hall–Kier alpha value is -3.79. The smallest absolute Gasteiger partial charge is 0.408 e. The molecule has 2 aromatic rings. The zero-order chi connectivity index (χ0) is 27.8. The van der Waals surface area contributed by atoms with Crippen molar-refractivity contribution in [1.29, 1.82) is 0 Å². The minimum Gasteiger partial charge on any atom is -0.444 e. The lowest BCUT2D eigenvalue weighted by Gasteiger charge is -2.31. The number of nitrogens with zero attached hydrogens (tertiary/aromatic N) is 1. The summed E-state index contributed by atoms with van der Waals surface area (Å²) in [6.45, 7) is 13.2. The highest BCUT2D eigenvalue weighted by Crippen LogP contribution is 2.27. The zero-order valence-electron chi connectivity index (χ0n) is 22.9. The first kappa shape index (κ1) is 29.4. The largest absolute Gasteiger partial charge is 0.444 e. The van der Waals surface area contributed by atoms with E-state index in [0.29, 0.717) is 12.0 Å². The van der Waals surface area contributed by atoms with E-state index >= 15 is 0 Å². The molecule has 0 fully saturated rings. The summed E-state index contributed by atoms with van der Waals surface area (Å²) in [6, 6.07) is 15.5. The Morgan fingerprint density at radius 3 is 2.27 bits per heavy atom.